The van der Waals surface area contributed by atoms with E-state index in [1.54, 1.807) is 0 Å². The molecular weight excluding hydrogens is 665 g/mol. The van der Waals surface area contributed by atoms with Crippen LogP contribution in [0.25, 0.3) is 111 Å². The van der Waals surface area contributed by atoms with Crippen LogP contribution in [-0.2, 0) is 0 Å². The number of rotatable bonds is 5. The molecule has 0 fully saturated rings. The predicted molar refractivity (Wildman–Crippen MR) is 217 cm³/mol. The van der Waals surface area contributed by atoms with Crippen LogP contribution in [0.4, 0.5) is 0 Å². The summed E-state index contributed by atoms with van der Waals surface area (Å²) in [6, 6.07) is 57.7. The van der Waals surface area contributed by atoms with E-state index >= 15 is 0 Å². The molecule has 11 rings (SSSR count). The first kappa shape index (κ1) is 30.2. The molecule has 0 bridgehead atoms. The molecule has 0 N–H and O–H groups in total. The average Bonchev–Trinajstić information content (AvgIpc) is 3.86. The molecule has 0 amide bonds. The van der Waals surface area contributed by atoms with Crippen molar-refractivity contribution in [2.24, 2.45) is 0 Å². The quantitative estimate of drug-likeness (QED) is 0.179. The van der Waals surface area contributed by atoms with E-state index in [1.165, 1.54) is 0 Å². The van der Waals surface area contributed by atoms with Crippen molar-refractivity contribution in [2.45, 2.75) is 0 Å². The zero-order chi connectivity index (χ0) is 35.6. The molecule has 0 unspecified atom stereocenters. The lowest BCUT2D eigenvalue weighted by molar-refractivity contribution is 0.623. The van der Waals surface area contributed by atoms with Gasteiger partial charge in [0.2, 0.25) is 5.89 Å². The van der Waals surface area contributed by atoms with Crippen LogP contribution in [0.1, 0.15) is 0 Å². The van der Waals surface area contributed by atoms with Crippen molar-refractivity contribution in [3.05, 3.63) is 170 Å². The van der Waals surface area contributed by atoms with Gasteiger partial charge in [0.1, 0.15) is 16.7 Å². The minimum Gasteiger partial charge on any atom is -0.456 e. The molecule has 8 aromatic carbocycles. The second-order valence-corrected chi connectivity index (χ2v) is 13.4. The lowest BCUT2D eigenvalue weighted by Gasteiger charge is -2.10. The van der Waals surface area contributed by atoms with Gasteiger partial charge in [-0.2, -0.15) is 0 Å². The normalized spacial score (nSPS) is 11.7. The van der Waals surface area contributed by atoms with E-state index in [4.69, 9.17) is 28.8 Å². The molecule has 3 heterocycles. The van der Waals surface area contributed by atoms with Crippen LogP contribution in [0.2, 0.25) is 0 Å². The highest BCUT2D eigenvalue weighted by atomic mass is 16.4. The molecule has 0 aliphatic carbocycles. The summed E-state index contributed by atoms with van der Waals surface area (Å²) in [5, 5.41) is 6.15. The Morgan fingerprint density at radius 1 is 0.352 bits per heavy atom. The van der Waals surface area contributed by atoms with Gasteiger partial charge in [-0.05, 0) is 63.0 Å². The minimum absolute atomic E-state index is 0.576. The topological polar surface area (TPSA) is 77.8 Å². The standard InChI is InChI=1S/C48H28N4O2/c1-3-10-29(11-4-1)30-18-21-34(22-19-30)46-50-45(33-13-5-2-6-14-33)51-47(52-46)35-23-20-32-24-26-40-42(38(32)28-35)43-41(53-40)27-25-39-44(43)54-48(49-39)37-17-9-15-31-12-7-8-16-36(31)37/h1-28H. The van der Waals surface area contributed by atoms with E-state index in [2.05, 4.69) is 97.1 Å². The third-order valence-corrected chi connectivity index (χ3v) is 10.2. The Kier molecular flexibility index (Phi) is 6.75. The van der Waals surface area contributed by atoms with E-state index < -0.39 is 0 Å². The molecule has 0 saturated carbocycles. The van der Waals surface area contributed by atoms with E-state index in [9.17, 15) is 0 Å². The van der Waals surface area contributed by atoms with Gasteiger partial charge in [0.25, 0.3) is 0 Å². The van der Waals surface area contributed by atoms with Crippen LogP contribution in [-0.4, -0.2) is 19.9 Å². The maximum absolute atomic E-state index is 6.67. The summed E-state index contributed by atoms with van der Waals surface area (Å²) in [6.45, 7) is 0. The number of hydrogen-bond acceptors (Lipinski definition) is 6. The maximum atomic E-state index is 6.67. The monoisotopic (exact) mass is 692 g/mol. The number of fused-ring (bicyclic) bond motifs is 8. The number of benzene rings is 8. The fourth-order valence-electron chi connectivity index (χ4n) is 7.52. The van der Waals surface area contributed by atoms with Crippen molar-refractivity contribution in [1.29, 1.82) is 0 Å². The van der Waals surface area contributed by atoms with Crippen LogP contribution in [0, 0.1) is 0 Å². The summed E-state index contributed by atoms with van der Waals surface area (Å²) in [4.78, 5) is 20.1. The molecule has 0 radical (unpaired) electrons. The molecule has 6 nitrogen and oxygen atoms in total. The highest BCUT2D eigenvalue weighted by Crippen LogP contribution is 2.41. The van der Waals surface area contributed by atoms with Crippen molar-refractivity contribution < 1.29 is 8.83 Å². The first-order chi connectivity index (χ1) is 26.7. The fraction of sp³-hybridized carbons (Fsp3) is 0. The van der Waals surface area contributed by atoms with E-state index in [0.29, 0.717) is 28.9 Å². The molecular formula is C48H28N4O2. The largest absolute Gasteiger partial charge is 0.456 e. The smallest absolute Gasteiger partial charge is 0.227 e. The predicted octanol–water partition coefficient (Wildman–Crippen LogP) is 12.6. The van der Waals surface area contributed by atoms with Gasteiger partial charge >= 0.3 is 0 Å². The molecule has 11 aromatic rings. The Morgan fingerprint density at radius 2 is 0.907 bits per heavy atom. The first-order valence-corrected chi connectivity index (χ1v) is 17.9. The number of hydrogen-bond donors (Lipinski definition) is 0. The highest BCUT2D eigenvalue weighted by molar-refractivity contribution is 6.25. The van der Waals surface area contributed by atoms with E-state index in [1.807, 2.05) is 72.8 Å². The molecule has 0 spiro atoms. The van der Waals surface area contributed by atoms with Gasteiger partial charge in [-0.3, -0.25) is 0 Å². The maximum Gasteiger partial charge on any atom is 0.227 e. The Morgan fingerprint density at radius 3 is 1.70 bits per heavy atom. The van der Waals surface area contributed by atoms with Gasteiger partial charge < -0.3 is 8.83 Å². The van der Waals surface area contributed by atoms with Crippen molar-refractivity contribution in [2.75, 3.05) is 0 Å². The summed E-state index contributed by atoms with van der Waals surface area (Å²) >= 11 is 0. The molecule has 0 saturated heterocycles. The summed E-state index contributed by atoms with van der Waals surface area (Å²) in [5.74, 6) is 2.38. The zero-order valence-electron chi connectivity index (χ0n) is 28.8. The van der Waals surface area contributed by atoms with Crippen LogP contribution in [0.3, 0.4) is 0 Å². The van der Waals surface area contributed by atoms with Crippen molar-refractivity contribution in [3.63, 3.8) is 0 Å². The summed E-state index contributed by atoms with van der Waals surface area (Å²) in [5.41, 5.74) is 8.92. The Hall–Kier alpha value is -7.44. The van der Waals surface area contributed by atoms with Gasteiger partial charge in [-0.1, -0.05) is 140 Å². The SMILES string of the molecule is c1ccc(-c2ccc(-c3nc(-c4ccccc4)nc(-c4ccc5ccc6oc7ccc8nc(-c9cccc%10ccccc9%10)oc8c7c6c5c4)n3)cc2)cc1. The Balaban J connectivity index is 1.09. The summed E-state index contributed by atoms with van der Waals surface area (Å²) < 4.78 is 13.1. The number of nitrogens with zero attached hydrogens (tertiary/aromatic N) is 4. The van der Waals surface area contributed by atoms with Crippen molar-refractivity contribution in [3.8, 4) is 56.7 Å². The Labute approximate surface area is 309 Å². The van der Waals surface area contributed by atoms with Gasteiger partial charge in [-0.15, -0.1) is 0 Å². The lowest BCUT2D eigenvalue weighted by Crippen LogP contribution is -2.00. The van der Waals surface area contributed by atoms with Crippen LogP contribution in [0.5, 0.6) is 0 Å². The van der Waals surface area contributed by atoms with Gasteiger partial charge in [0, 0.05) is 27.6 Å². The second kappa shape index (κ2) is 12.1. The third-order valence-electron chi connectivity index (χ3n) is 10.2. The van der Waals surface area contributed by atoms with Crippen LogP contribution in [0.15, 0.2) is 179 Å². The van der Waals surface area contributed by atoms with Gasteiger partial charge in [0.05, 0.1) is 5.39 Å². The average molecular weight is 693 g/mol. The summed E-state index contributed by atoms with van der Waals surface area (Å²) in [7, 11) is 0. The van der Waals surface area contributed by atoms with Crippen molar-refractivity contribution in [1.82, 2.24) is 19.9 Å². The molecule has 54 heavy (non-hydrogen) atoms. The lowest BCUT2D eigenvalue weighted by atomic mass is 10.0. The molecule has 0 aliphatic heterocycles. The van der Waals surface area contributed by atoms with E-state index in [0.717, 1.165) is 82.4 Å². The fourth-order valence-corrected chi connectivity index (χ4v) is 7.52. The zero-order valence-corrected chi connectivity index (χ0v) is 28.8. The third kappa shape index (κ3) is 4.96. The van der Waals surface area contributed by atoms with Gasteiger partial charge in [-0.25, -0.2) is 19.9 Å². The molecule has 3 aromatic heterocycles. The van der Waals surface area contributed by atoms with E-state index in [-0.39, 0.29) is 0 Å². The number of oxazole rings is 1. The van der Waals surface area contributed by atoms with Gasteiger partial charge in [0.15, 0.2) is 23.1 Å². The number of furan rings is 1. The molecule has 0 atom stereocenters. The molecule has 6 heteroatoms. The first-order valence-electron chi connectivity index (χ1n) is 17.9. The minimum atomic E-state index is 0.576. The second-order valence-electron chi connectivity index (χ2n) is 13.4. The van der Waals surface area contributed by atoms with Crippen molar-refractivity contribution >= 4 is 54.6 Å². The van der Waals surface area contributed by atoms with Crippen LogP contribution < -0.4 is 0 Å². The highest BCUT2D eigenvalue weighted by Gasteiger charge is 2.20. The molecule has 0 aliphatic rings. The Bertz CT molecular complexity index is 3200. The summed E-state index contributed by atoms with van der Waals surface area (Å²) in [6.07, 6.45) is 0. The number of aromatic nitrogens is 4. The van der Waals surface area contributed by atoms with Crippen LogP contribution >= 0.6 is 0 Å². The molecule has 252 valence electrons.